The van der Waals surface area contributed by atoms with E-state index in [4.69, 9.17) is 0 Å². The summed E-state index contributed by atoms with van der Waals surface area (Å²) < 4.78 is 0. The Labute approximate surface area is 133 Å². The number of nitrogens with zero attached hydrogens (tertiary/aromatic N) is 3. The van der Waals surface area contributed by atoms with Gasteiger partial charge in [0.05, 0.1) is 6.61 Å². The van der Waals surface area contributed by atoms with Gasteiger partial charge in [0.2, 0.25) is 0 Å². The molecule has 9 nitrogen and oxygen atoms in total. The molecule has 0 aliphatic carbocycles. The van der Waals surface area contributed by atoms with Crippen LogP contribution in [0.3, 0.4) is 0 Å². The molecule has 4 N–H and O–H groups in total. The van der Waals surface area contributed by atoms with E-state index in [0.29, 0.717) is 21.7 Å². The smallest absolute Gasteiger partial charge is 0.252 e. The third-order valence-electron chi connectivity index (χ3n) is 3.05. The zero-order valence-electron chi connectivity index (χ0n) is 11.7. The van der Waals surface area contributed by atoms with Crippen molar-refractivity contribution in [2.24, 2.45) is 0 Å². The van der Waals surface area contributed by atoms with Crippen molar-refractivity contribution in [1.29, 1.82) is 0 Å². The Hall–Kier alpha value is -2.85. The maximum atomic E-state index is 12.2. The number of anilines is 1. The molecule has 0 saturated carbocycles. The zero-order valence-corrected chi connectivity index (χ0v) is 12.5. The number of amides is 2. The molecular weight excluding hydrogens is 320 g/mol. The average Bonchev–Trinajstić information content (AvgIpc) is 3.22. The van der Waals surface area contributed by atoms with E-state index >= 15 is 0 Å². The van der Waals surface area contributed by atoms with Gasteiger partial charge in [-0.15, -0.1) is 11.3 Å². The highest BCUT2D eigenvalue weighted by Crippen LogP contribution is 2.12. The Balaban J connectivity index is 1.70. The lowest BCUT2D eigenvalue weighted by Crippen LogP contribution is -2.46. The van der Waals surface area contributed by atoms with Gasteiger partial charge in [-0.2, -0.15) is 15.4 Å². The van der Waals surface area contributed by atoms with E-state index in [1.165, 1.54) is 11.3 Å². The molecule has 1 atom stereocenters. The summed E-state index contributed by atoms with van der Waals surface area (Å²) in [5, 5.41) is 26.7. The molecule has 118 valence electrons. The van der Waals surface area contributed by atoms with Crippen LogP contribution in [-0.4, -0.2) is 50.0 Å². The fourth-order valence-corrected chi connectivity index (χ4v) is 2.43. The molecule has 2 amide bonds. The molecule has 2 aromatic heterocycles. The Morgan fingerprint density at radius 1 is 1.30 bits per heavy atom. The summed E-state index contributed by atoms with van der Waals surface area (Å²) in [6.07, 6.45) is 1.54. The SMILES string of the molecule is O=C(NC(CO)C(=O)Nc1nccs1)c1ccc2n[nH]nc2c1. The number of hydrogen-bond donors (Lipinski definition) is 4. The predicted molar refractivity (Wildman–Crippen MR) is 83.0 cm³/mol. The predicted octanol–water partition coefficient (Wildman–Crippen LogP) is 0.144. The number of aromatic amines is 1. The van der Waals surface area contributed by atoms with Crippen LogP contribution in [0.25, 0.3) is 11.0 Å². The van der Waals surface area contributed by atoms with Crippen LogP contribution < -0.4 is 10.6 Å². The fourth-order valence-electron chi connectivity index (χ4n) is 1.89. The second-order valence-electron chi connectivity index (χ2n) is 4.56. The molecule has 3 aromatic rings. The average molecular weight is 332 g/mol. The summed E-state index contributed by atoms with van der Waals surface area (Å²) in [6, 6.07) is 3.66. The molecule has 0 bridgehead atoms. The molecule has 23 heavy (non-hydrogen) atoms. The largest absolute Gasteiger partial charge is 0.394 e. The molecule has 0 spiro atoms. The number of hydrogen-bond acceptors (Lipinski definition) is 7. The maximum Gasteiger partial charge on any atom is 0.252 e. The van der Waals surface area contributed by atoms with Crippen LogP contribution in [-0.2, 0) is 4.79 Å². The first-order valence-corrected chi connectivity index (χ1v) is 7.48. The van der Waals surface area contributed by atoms with Gasteiger partial charge in [-0.3, -0.25) is 9.59 Å². The number of nitrogens with one attached hydrogen (secondary N) is 3. The quantitative estimate of drug-likeness (QED) is 0.525. The number of thiazole rings is 1. The molecule has 0 radical (unpaired) electrons. The summed E-state index contributed by atoms with van der Waals surface area (Å²) >= 11 is 1.24. The summed E-state index contributed by atoms with van der Waals surface area (Å²) in [5.74, 6) is -1.04. The molecule has 2 heterocycles. The van der Waals surface area contributed by atoms with Crippen molar-refractivity contribution in [1.82, 2.24) is 25.7 Å². The minimum Gasteiger partial charge on any atom is -0.394 e. The summed E-state index contributed by atoms with van der Waals surface area (Å²) in [7, 11) is 0. The van der Waals surface area contributed by atoms with Gasteiger partial charge < -0.3 is 15.7 Å². The summed E-state index contributed by atoms with van der Waals surface area (Å²) in [5.41, 5.74) is 1.47. The van der Waals surface area contributed by atoms with Gasteiger partial charge in [0.15, 0.2) is 5.13 Å². The minimum atomic E-state index is -1.08. The molecule has 10 heteroatoms. The Kier molecular flexibility index (Phi) is 4.26. The number of carbonyl (C=O) groups excluding carboxylic acids is 2. The first kappa shape index (κ1) is 15.1. The fraction of sp³-hybridized carbons (Fsp3) is 0.154. The highest BCUT2D eigenvalue weighted by molar-refractivity contribution is 7.13. The Morgan fingerprint density at radius 3 is 2.87 bits per heavy atom. The van der Waals surface area contributed by atoms with Gasteiger partial charge >= 0.3 is 0 Å². The van der Waals surface area contributed by atoms with Gasteiger partial charge in [-0.1, -0.05) is 0 Å². The number of rotatable bonds is 5. The van der Waals surface area contributed by atoms with Crippen molar-refractivity contribution in [2.45, 2.75) is 6.04 Å². The first-order chi connectivity index (χ1) is 11.2. The van der Waals surface area contributed by atoms with Crippen LogP contribution in [0.1, 0.15) is 10.4 Å². The number of carbonyl (C=O) groups is 2. The number of H-pyrrole nitrogens is 1. The van der Waals surface area contributed by atoms with E-state index in [1.54, 1.807) is 29.8 Å². The van der Waals surface area contributed by atoms with Crippen molar-refractivity contribution >= 4 is 39.3 Å². The number of aliphatic hydroxyl groups is 1. The number of aromatic nitrogens is 4. The third-order valence-corrected chi connectivity index (χ3v) is 3.73. The molecule has 0 aliphatic rings. The number of fused-ring (bicyclic) bond motifs is 1. The van der Waals surface area contributed by atoms with Crippen LogP contribution in [0.2, 0.25) is 0 Å². The van der Waals surface area contributed by atoms with Crippen LogP contribution >= 0.6 is 11.3 Å². The normalized spacial score (nSPS) is 12.0. The second-order valence-corrected chi connectivity index (χ2v) is 5.46. The molecule has 0 saturated heterocycles. The Morgan fingerprint density at radius 2 is 2.13 bits per heavy atom. The molecule has 0 fully saturated rings. The van der Waals surface area contributed by atoms with Crippen molar-refractivity contribution in [3.05, 3.63) is 35.3 Å². The van der Waals surface area contributed by atoms with Crippen molar-refractivity contribution in [3.63, 3.8) is 0 Å². The van der Waals surface area contributed by atoms with Gasteiger partial charge in [-0.05, 0) is 18.2 Å². The minimum absolute atomic E-state index is 0.312. The van der Waals surface area contributed by atoms with Crippen LogP contribution in [0.5, 0.6) is 0 Å². The van der Waals surface area contributed by atoms with Crippen molar-refractivity contribution < 1.29 is 14.7 Å². The molecule has 3 rings (SSSR count). The topological polar surface area (TPSA) is 133 Å². The maximum absolute atomic E-state index is 12.2. The standard InChI is InChI=1S/C13H12N6O3S/c20-6-10(12(22)16-13-14-3-4-23-13)15-11(21)7-1-2-8-9(5-7)18-19-17-8/h1-5,10,20H,6H2,(H,15,21)(H,14,16,22)(H,17,18,19). The van der Waals surface area contributed by atoms with E-state index in [1.807, 2.05) is 0 Å². The van der Waals surface area contributed by atoms with Gasteiger partial charge in [0.25, 0.3) is 11.8 Å². The molecule has 1 unspecified atom stereocenters. The monoisotopic (exact) mass is 332 g/mol. The number of aliphatic hydroxyl groups excluding tert-OH is 1. The summed E-state index contributed by atoms with van der Waals surface area (Å²) in [6.45, 7) is -0.533. The summed E-state index contributed by atoms with van der Waals surface area (Å²) in [4.78, 5) is 28.2. The zero-order chi connectivity index (χ0) is 16.2. The van der Waals surface area contributed by atoms with E-state index in [2.05, 4.69) is 31.0 Å². The highest BCUT2D eigenvalue weighted by Gasteiger charge is 2.21. The third kappa shape index (κ3) is 3.33. The lowest BCUT2D eigenvalue weighted by atomic mass is 10.1. The van der Waals surface area contributed by atoms with E-state index < -0.39 is 24.5 Å². The van der Waals surface area contributed by atoms with Crippen molar-refractivity contribution in [2.75, 3.05) is 11.9 Å². The molecular formula is C13H12N6O3S. The first-order valence-electron chi connectivity index (χ1n) is 6.60. The lowest BCUT2D eigenvalue weighted by molar-refractivity contribution is -0.118. The van der Waals surface area contributed by atoms with E-state index in [-0.39, 0.29) is 0 Å². The van der Waals surface area contributed by atoms with E-state index in [0.717, 1.165) is 0 Å². The highest BCUT2D eigenvalue weighted by atomic mass is 32.1. The van der Waals surface area contributed by atoms with Crippen LogP contribution in [0, 0.1) is 0 Å². The van der Waals surface area contributed by atoms with Crippen LogP contribution in [0.15, 0.2) is 29.8 Å². The molecule has 1 aromatic carbocycles. The molecule has 0 aliphatic heterocycles. The Bertz CT molecular complexity index is 831. The van der Waals surface area contributed by atoms with Gasteiger partial charge in [-0.25, -0.2) is 4.98 Å². The van der Waals surface area contributed by atoms with Gasteiger partial charge in [0, 0.05) is 17.1 Å². The van der Waals surface area contributed by atoms with Gasteiger partial charge in [0.1, 0.15) is 17.1 Å². The van der Waals surface area contributed by atoms with E-state index in [9.17, 15) is 14.7 Å². The van der Waals surface area contributed by atoms with Crippen molar-refractivity contribution in [3.8, 4) is 0 Å². The lowest BCUT2D eigenvalue weighted by Gasteiger charge is -2.15. The van der Waals surface area contributed by atoms with Crippen LogP contribution in [0.4, 0.5) is 5.13 Å². The number of benzene rings is 1. The second kappa shape index (κ2) is 6.50.